The maximum atomic E-state index is 13.4. The maximum absolute atomic E-state index is 13.4. The minimum atomic E-state index is -1.81. The third kappa shape index (κ3) is 6.21. The van der Waals surface area contributed by atoms with Crippen molar-refractivity contribution in [3.63, 3.8) is 0 Å². The average molecular weight is 440 g/mol. The summed E-state index contributed by atoms with van der Waals surface area (Å²) in [5.41, 5.74) is -0.745. The number of amides is 3. The van der Waals surface area contributed by atoms with Crippen LogP contribution < -0.4 is 16.0 Å². The molecule has 0 radical (unpaired) electrons. The Morgan fingerprint density at radius 3 is 1.68 bits per heavy atom. The number of carbonyl (C=O) groups is 3. The largest absolute Gasteiger partial charge is 0.334 e. The summed E-state index contributed by atoms with van der Waals surface area (Å²) in [6.07, 6.45) is 1.35. The van der Waals surface area contributed by atoms with E-state index in [9.17, 15) is 14.4 Å². The minimum absolute atomic E-state index is 0.0609. The fourth-order valence-corrected chi connectivity index (χ4v) is 3.47. The fourth-order valence-electron chi connectivity index (χ4n) is 3.25. The van der Waals surface area contributed by atoms with Crippen LogP contribution in [0.25, 0.3) is 0 Å². The summed E-state index contributed by atoms with van der Waals surface area (Å²) >= 11 is 5.26. The van der Waals surface area contributed by atoms with E-state index < -0.39 is 29.2 Å². The number of carbonyl (C=O) groups excluding carboxylic acids is 3. The Morgan fingerprint density at radius 1 is 0.871 bits per heavy atom. The molecule has 0 aromatic heterocycles. The summed E-state index contributed by atoms with van der Waals surface area (Å²) in [4.78, 5) is 40.4. The van der Waals surface area contributed by atoms with Crippen LogP contribution in [-0.2, 0) is 14.4 Å². The Kier molecular flexibility index (Phi) is 8.88. The van der Waals surface area contributed by atoms with Crippen molar-refractivity contribution in [2.45, 2.75) is 45.6 Å². The molecule has 0 spiro atoms. The van der Waals surface area contributed by atoms with Crippen molar-refractivity contribution in [1.82, 2.24) is 5.32 Å². The lowest BCUT2D eigenvalue weighted by atomic mass is 9.90. The standard InChI is InChI=1S/C24H29N3O3S/c1-4-12-20(17(3)31)21(28)27-24(5-2,22(29)25-18-13-8-6-9-14-18)23(30)26-19-15-10-7-11-16-19/h6-11,13-16,20H,4-5,12H2,1-3H3,(H,25,29)(H,26,30)(H,27,28). The highest BCUT2D eigenvalue weighted by molar-refractivity contribution is 7.80. The van der Waals surface area contributed by atoms with Crippen LogP contribution in [0.15, 0.2) is 60.7 Å². The third-order valence-electron chi connectivity index (χ3n) is 5.09. The van der Waals surface area contributed by atoms with Gasteiger partial charge in [0.15, 0.2) is 5.54 Å². The van der Waals surface area contributed by atoms with Crippen LogP contribution in [0, 0.1) is 5.92 Å². The summed E-state index contributed by atoms with van der Waals surface area (Å²) in [6, 6.07) is 17.6. The third-order valence-corrected chi connectivity index (χ3v) is 5.37. The van der Waals surface area contributed by atoms with Crippen LogP contribution in [0.5, 0.6) is 0 Å². The Balaban J connectivity index is 2.40. The van der Waals surface area contributed by atoms with Crippen LogP contribution >= 0.6 is 12.2 Å². The molecule has 7 heteroatoms. The van der Waals surface area contributed by atoms with E-state index in [1.165, 1.54) is 0 Å². The van der Waals surface area contributed by atoms with E-state index in [-0.39, 0.29) is 6.42 Å². The molecule has 2 aromatic carbocycles. The number of hydrogen-bond donors (Lipinski definition) is 3. The van der Waals surface area contributed by atoms with Crippen molar-refractivity contribution in [3.05, 3.63) is 60.7 Å². The zero-order chi connectivity index (χ0) is 22.9. The fraction of sp³-hybridized carbons (Fsp3) is 0.333. The molecule has 0 aliphatic rings. The lowest BCUT2D eigenvalue weighted by molar-refractivity contribution is -0.139. The summed E-state index contributed by atoms with van der Waals surface area (Å²) < 4.78 is 0. The molecular formula is C24H29N3O3S. The summed E-state index contributed by atoms with van der Waals surface area (Å²) in [7, 11) is 0. The maximum Gasteiger partial charge on any atom is 0.259 e. The van der Waals surface area contributed by atoms with Gasteiger partial charge in [0.1, 0.15) is 0 Å². The van der Waals surface area contributed by atoms with Crippen molar-refractivity contribution in [2.75, 3.05) is 10.6 Å². The van der Waals surface area contributed by atoms with E-state index in [1.807, 2.05) is 19.1 Å². The lowest BCUT2D eigenvalue weighted by Gasteiger charge is -2.32. The molecule has 164 valence electrons. The average Bonchev–Trinajstić information content (AvgIpc) is 2.76. The Hall–Kier alpha value is -3.06. The molecule has 1 atom stereocenters. The summed E-state index contributed by atoms with van der Waals surface area (Å²) in [5.74, 6) is -2.21. The Labute approximate surface area is 188 Å². The molecule has 0 bridgehead atoms. The van der Waals surface area contributed by atoms with Crippen molar-refractivity contribution < 1.29 is 14.4 Å². The van der Waals surface area contributed by atoms with Gasteiger partial charge in [0.05, 0.1) is 5.92 Å². The van der Waals surface area contributed by atoms with Crippen LogP contribution in [0.4, 0.5) is 11.4 Å². The van der Waals surface area contributed by atoms with Crippen LogP contribution in [-0.4, -0.2) is 28.1 Å². The molecular weight excluding hydrogens is 410 g/mol. The molecule has 2 rings (SSSR count). The second kappa shape index (κ2) is 11.4. The monoisotopic (exact) mass is 439 g/mol. The molecule has 0 saturated heterocycles. The number of anilines is 2. The summed E-state index contributed by atoms with van der Waals surface area (Å²) in [6.45, 7) is 5.35. The SMILES string of the molecule is CCCC(C(=O)NC(CC)(C(=O)Nc1ccccc1)C(=O)Nc1ccccc1)C(C)=S. The van der Waals surface area contributed by atoms with Gasteiger partial charge < -0.3 is 16.0 Å². The predicted octanol–water partition coefficient (Wildman–Crippen LogP) is 4.33. The zero-order valence-electron chi connectivity index (χ0n) is 18.1. The van der Waals surface area contributed by atoms with Gasteiger partial charge in [0.2, 0.25) is 5.91 Å². The molecule has 6 nitrogen and oxygen atoms in total. The molecule has 31 heavy (non-hydrogen) atoms. The van der Waals surface area contributed by atoms with Crippen LogP contribution in [0.1, 0.15) is 40.0 Å². The molecule has 3 N–H and O–H groups in total. The number of nitrogens with one attached hydrogen (secondary N) is 3. The van der Waals surface area contributed by atoms with E-state index in [2.05, 4.69) is 16.0 Å². The van der Waals surface area contributed by atoms with Gasteiger partial charge in [-0.15, -0.1) is 0 Å². The summed E-state index contributed by atoms with van der Waals surface area (Å²) in [5, 5.41) is 8.25. The molecule has 0 saturated carbocycles. The molecule has 0 aliphatic heterocycles. The van der Waals surface area contributed by atoms with E-state index in [4.69, 9.17) is 12.2 Å². The highest BCUT2D eigenvalue weighted by Crippen LogP contribution is 2.21. The molecule has 2 aromatic rings. The molecule has 0 fully saturated rings. The number of rotatable bonds is 10. The first-order valence-corrected chi connectivity index (χ1v) is 10.8. The van der Waals surface area contributed by atoms with E-state index in [1.54, 1.807) is 62.4 Å². The minimum Gasteiger partial charge on any atom is -0.334 e. The van der Waals surface area contributed by atoms with Gasteiger partial charge in [-0.1, -0.05) is 68.9 Å². The number of para-hydroxylation sites is 2. The normalized spacial score (nSPS) is 11.8. The molecule has 1 unspecified atom stereocenters. The van der Waals surface area contributed by atoms with Crippen molar-refractivity contribution in [3.8, 4) is 0 Å². The number of thiocarbonyl (C=S) groups is 1. The van der Waals surface area contributed by atoms with Gasteiger partial charge in [-0.3, -0.25) is 14.4 Å². The van der Waals surface area contributed by atoms with E-state index in [0.717, 1.165) is 6.42 Å². The van der Waals surface area contributed by atoms with Crippen LogP contribution in [0.2, 0.25) is 0 Å². The van der Waals surface area contributed by atoms with Gasteiger partial charge in [-0.2, -0.15) is 0 Å². The van der Waals surface area contributed by atoms with Gasteiger partial charge in [-0.25, -0.2) is 0 Å². The van der Waals surface area contributed by atoms with Crippen molar-refractivity contribution in [2.24, 2.45) is 5.92 Å². The predicted molar refractivity (Wildman–Crippen MR) is 128 cm³/mol. The molecule has 0 heterocycles. The quantitative estimate of drug-likeness (QED) is 0.380. The van der Waals surface area contributed by atoms with Gasteiger partial charge in [-0.05, 0) is 44.0 Å². The highest BCUT2D eigenvalue weighted by Gasteiger charge is 2.47. The number of benzene rings is 2. The number of hydrogen-bond acceptors (Lipinski definition) is 4. The van der Waals surface area contributed by atoms with Crippen molar-refractivity contribution in [1.29, 1.82) is 0 Å². The van der Waals surface area contributed by atoms with Gasteiger partial charge >= 0.3 is 0 Å². The van der Waals surface area contributed by atoms with E-state index in [0.29, 0.717) is 22.7 Å². The first-order valence-electron chi connectivity index (χ1n) is 10.4. The lowest BCUT2D eigenvalue weighted by Crippen LogP contribution is -2.64. The highest BCUT2D eigenvalue weighted by atomic mass is 32.1. The first-order chi connectivity index (χ1) is 14.8. The van der Waals surface area contributed by atoms with Gasteiger partial charge in [0.25, 0.3) is 11.8 Å². The second-order valence-corrected chi connectivity index (χ2v) is 7.98. The molecule has 0 aliphatic carbocycles. The van der Waals surface area contributed by atoms with Crippen LogP contribution in [0.3, 0.4) is 0 Å². The Morgan fingerprint density at radius 2 is 1.32 bits per heavy atom. The topological polar surface area (TPSA) is 87.3 Å². The van der Waals surface area contributed by atoms with Crippen molar-refractivity contribution >= 4 is 46.2 Å². The Bertz CT molecular complexity index is 863. The second-order valence-electron chi connectivity index (χ2n) is 7.34. The zero-order valence-corrected chi connectivity index (χ0v) is 18.9. The smallest absolute Gasteiger partial charge is 0.259 e. The molecule has 3 amide bonds. The van der Waals surface area contributed by atoms with Gasteiger partial charge in [0, 0.05) is 16.2 Å². The van der Waals surface area contributed by atoms with E-state index >= 15 is 0 Å². The first kappa shape index (κ1) is 24.2.